The van der Waals surface area contributed by atoms with Gasteiger partial charge >= 0.3 is 0 Å². The third kappa shape index (κ3) is 4.14. The molecule has 1 aliphatic carbocycles. The smallest absolute Gasteiger partial charge is 0.263 e. The largest absolute Gasteiger partial charge is 0.495 e. The number of hydrogen-bond acceptors (Lipinski definition) is 5. The molecule has 8 heteroatoms. The van der Waals surface area contributed by atoms with E-state index in [1.54, 1.807) is 29.5 Å². The van der Waals surface area contributed by atoms with Gasteiger partial charge in [-0.2, -0.15) is 0 Å². The maximum Gasteiger partial charge on any atom is 0.263 e. The molecule has 2 heterocycles. The van der Waals surface area contributed by atoms with Gasteiger partial charge in [0.15, 0.2) is 0 Å². The van der Waals surface area contributed by atoms with Gasteiger partial charge in [-0.3, -0.25) is 14.2 Å². The molecule has 168 valence electrons. The Labute approximate surface area is 199 Å². The molecule has 1 aliphatic rings. The minimum absolute atomic E-state index is 0.174. The van der Waals surface area contributed by atoms with Gasteiger partial charge in [-0.05, 0) is 49.4 Å². The highest BCUT2D eigenvalue weighted by Gasteiger charge is 2.23. The number of halogens is 1. The van der Waals surface area contributed by atoms with Crippen molar-refractivity contribution in [1.82, 2.24) is 9.55 Å². The first-order chi connectivity index (χ1) is 16.0. The average Bonchev–Trinajstić information content (AvgIpc) is 3.20. The highest BCUT2D eigenvalue weighted by Crippen LogP contribution is 2.35. The lowest BCUT2D eigenvalue weighted by atomic mass is 9.97. The number of fused-ring (bicyclic) bond motifs is 3. The first-order valence-electron chi connectivity index (χ1n) is 10.8. The van der Waals surface area contributed by atoms with Crippen LogP contribution in [-0.2, 0) is 24.2 Å². The Morgan fingerprint density at radius 1 is 1.18 bits per heavy atom. The molecule has 0 saturated carbocycles. The van der Waals surface area contributed by atoms with E-state index < -0.39 is 0 Å². The number of nitrogens with one attached hydrogen (secondary N) is 1. The highest BCUT2D eigenvalue weighted by atomic mass is 35.5. The second-order valence-corrected chi connectivity index (χ2v) is 9.50. The minimum Gasteiger partial charge on any atom is -0.495 e. The molecule has 0 spiro atoms. The van der Waals surface area contributed by atoms with Crippen molar-refractivity contribution < 1.29 is 9.53 Å². The minimum atomic E-state index is -0.361. The van der Waals surface area contributed by atoms with E-state index in [0.717, 1.165) is 41.6 Å². The molecule has 5 rings (SSSR count). The number of aromatic nitrogens is 2. The normalized spacial score (nSPS) is 13.0. The zero-order chi connectivity index (χ0) is 22.9. The van der Waals surface area contributed by atoms with E-state index in [1.165, 1.54) is 16.6 Å². The van der Waals surface area contributed by atoms with Gasteiger partial charge < -0.3 is 10.1 Å². The number of thiophene rings is 1. The number of rotatable bonds is 5. The van der Waals surface area contributed by atoms with Crippen molar-refractivity contribution in [1.29, 1.82) is 0 Å². The molecule has 0 fully saturated rings. The quantitative estimate of drug-likeness (QED) is 0.421. The molecule has 0 atom stereocenters. The maximum atomic E-state index is 13.7. The molecular formula is C25H22ClN3O3S. The summed E-state index contributed by atoms with van der Waals surface area (Å²) in [7, 11) is 1.52. The van der Waals surface area contributed by atoms with E-state index in [4.69, 9.17) is 21.3 Å². The van der Waals surface area contributed by atoms with Gasteiger partial charge in [0, 0.05) is 15.5 Å². The van der Waals surface area contributed by atoms with E-state index in [1.807, 2.05) is 30.3 Å². The summed E-state index contributed by atoms with van der Waals surface area (Å²) < 4.78 is 6.80. The fourth-order valence-corrected chi connectivity index (χ4v) is 5.73. The molecule has 1 amide bonds. The topological polar surface area (TPSA) is 73.2 Å². The molecule has 0 bridgehead atoms. The SMILES string of the molecule is COc1ccc(Cl)cc1NC(=O)Cn1c(-c2ccccc2)nc2sc3c(c2c1=O)CCCC3. The summed E-state index contributed by atoms with van der Waals surface area (Å²) >= 11 is 7.70. The van der Waals surface area contributed by atoms with Crippen molar-refractivity contribution in [3.05, 3.63) is 74.3 Å². The highest BCUT2D eigenvalue weighted by molar-refractivity contribution is 7.18. The van der Waals surface area contributed by atoms with Crippen LogP contribution in [0.4, 0.5) is 5.69 Å². The lowest BCUT2D eigenvalue weighted by Crippen LogP contribution is -2.30. The Hall–Kier alpha value is -3.16. The fraction of sp³-hybridized carbons (Fsp3) is 0.240. The molecule has 1 N–H and O–H groups in total. The molecule has 4 aromatic rings. The van der Waals surface area contributed by atoms with Crippen LogP contribution in [0.3, 0.4) is 0 Å². The van der Waals surface area contributed by atoms with Crippen LogP contribution in [0.25, 0.3) is 21.6 Å². The van der Waals surface area contributed by atoms with Gasteiger partial charge in [-0.25, -0.2) is 4.98 Å². The van der Waals surface area contributed by atoms with Crippen molar-refractivity contribution in [3.8, 4) is 17.1 Å². The number of benzene rings is 2. The fourth-order valence-electron chi connectivity index (χ4n) is 4.30. The number of nitrogens with zero attached hydrogens (tertiary/aromatic N) is 2. The van der Waals surface area contributed by atoms with E-state index >= 15 is 0 Å². The zero-order valence-corrected chi connectivity index (χ0v) is 19.6. The van der Waals surface area contributed by atoms with Crippen molar-refractivity contribution in [2.45, 2.75) is 32.2 Å². The molecule has 0 radical (unpaired) electrons. The summed E-state index contributed by atoms with van der Waals surface area (Å²) in [5.74, 6) is 0.615. The number of anilines is 1. The van der Waals surface area contributed by atoms with Crippen LogP contribution in [0.5, 0.6) is 5.75 Å². The first-order valence-corrected chi connectivity index (χ1v) is 12.0. The van der Waals surface area contributed by atoms with Crippen molar-refractivity contribution >= 4 is 44.7 Å². The van der Waals surface area contributed by atoms with Gasteiger partial charge in [-0.1, -0.05) is 41.9 Å². The number of methoxy groups -OCH3 is 1. The number of ether oxygens (including phenoxy) is 1. The average molecular weight is 480 g/mol. The molecule has 2 aromatic heterocycles. The first kappa shape index (κ1) is 21.7. The van der Waals surface area contributed by atoms with Gasteiger partial charge in [0.2, 0.25) is 5.91 Å². The van der Waals surface area contributed by atoms with E-state index in [0.29, 0.717) is 27.7 Å². The van der Waals surface area contributed by atoms with Gasteiger partial charge in [0.1, 0.15) is 22.9 Å². The maximum absolute atomic E-state index is 13.7. The standard InChI is InChI=1S/C25H22ClN3O3S/c1-32-19-12-11-16(26)13-18(19)27-21(30)14-29-23(15-7-3-2-4-8-15)28-24-22(25(29)31)17-9-5-6-10-20(17)33-24/h2-4,7-8,11-13H,5-6,9-10,14H2,1H3,(H,27,30). The molecular weight excluding hydrogens is 458 g/mol. The number of carbonyl (C=O) groups is 1. The molecule has 0 unspecified atom stereocenters. The summed E-state index contributed by atoms with van der Waals surface area (Å²) in [4.78, 5) is 33.7. The van der Waals surface area contributed by atoms with Gasteiger partial charge in [0.25, 0.3) is 5.56 Å². The Morgan fingerprint density at radius 3 is 2.76 bits per heavy atom. The van der Waals surface area contributed by atoms with Crippen LogP contribution in [0, 0.1) is 0 Å². The van der Waals surface area contributed by atoms with Crippen molar-refractivity contribution in [3.63, 3.8) is 0 Å². The summed E-state index contributed by atoms with van der Waals surface area (Å²) in [5, 5.41) is 3.96. The van der Waals surface area contributed by atoms with Crippen LogP contribution < -0.4 is 15.6 Å². The number of carbonyl (C=O) groups excluding carboxylic acids is 1. The monoisotopic (exact) mass is 479 g/mol. The molecule has 6 nitrogen and oxygen atoms in total. The summed E-state index contributed by atoms with van der Waals surface area (Å²) in [6.45, 7) is -0.174. The van der Waals surface area contributed by atoms with Gasteiger partial charge in [-0.15, -0.1) is 11.3 Å². The predicted molar refractivity (Wildman–Crippen MR) is 133 cm³/mol. The Morgan fingerprint density at radius 2 is 1.97 bits per heavy atom. The molecule has 2 aromatic carbocycles. The van der Waals surface area contributed by atoms with Crippen LogP contribution in [0.1, 0.15) is 23.3 Å². The Kier molecular flexibility index (Phi) is 5.91. The number of aryl methyl sites for hydroxylation is 2. The van der Waals surface area contributed by atoms with Crippen molar-refractivity contribution in [2.75, 3.05) is 12.4 Å². The van der Waals surface area contributed by atoms with Crippen molar-refractivity contribution in [2.24, 2.45) is 0 Å². The number of hydrogen-bond donors (Lipinski definition) is 1. The van der Waals surface area contributed by atoms with Gasteiger partial charge in [0.05, 0.1) is 18.2 Å². The summed E-state index contributed by atoms with van der Waals surface area (Å²) in [5.41, 5.74) is 2.16. The second-order valence-electron chi connectivity index (χ2n) is 7.98. The predicted octanol–water partition coefficient (Wildman–Crippen LogP) is 5.30. The second kappa shape index (κ2) is 9.00. The van der Waals surface area contributed by atoms with Crippen LogP contribution >= 0.6 is 22.9 Å². The molecule has 0 aliphatic heterocycles. The Bertz CT molecular complexity index is 1410. The van der Waals surface area contributed by atoms with E-state index in [2.05, 4.69) is 5.32 Å². The van der Waals surface area contributed by atoms with E-state index in [-0.39, 0.29) is 18.0 Å². The summed E-state index contributed by atoms with van der Waals surface area (Å²) in [6, 6.07) is 14.5. The Balaban J connectivity index is 1.60. The van der Waals surface area contributed by atoms with Crippen LogP contribution in [0.15, 0.2) is 53.3 Å². The van der Waals surface area contributed by atoms with E-state index in [9.17, 15) is 9.59 Å². The van der Waals surface area contributed by atoms with Crippen LogP contribution in [-0.4, -0.2) is 22.6 Å². The zero-order valence-electron chi connectivity index (χ0n) is 18.1. The third-order valence-corrected chi connectivity index (χ3v) is 7.26. The molecule has 0 saturated heterocycles. The molecule has 33 heavy (non-hydrogen) atoms. The third-order valence-electron chi connectivity index (χ3n) is 5.84. The lowest BCUT2D eigenvalue weighted by molar-refractivity contribution is -0.116. The number of amides is 1. The summed E-state index contributed by atoms with van der Waals surface area (Å²) in [6.07, 6.45) is 4.05. The lowest BCUT2D eigenvalue weighted by Gasteiger charge is -2.15. The van der Waals surface area contributed by atoms with Crippen LogP contribution in [0.2, 0.25) is 5.02 Å².